The van der Waals surface area contributed by atoms with Crippen molar-refractivity contribution in [2.24, 2.45) is 5.73 Å². The van der Waals surface area contributed by atoms with Gasteiger partial charge in [-0.3, -0.25) is 10.3 Å². The molecule has 0 aromatic heterocycles. The van der Waals surface area contributed by atoms with Gasteiger partial charge in [0.2, 0.25) is 6.23 Å². The van der Waals surface area contributed by atoms with Crippen LogP contribution in [-0.2, 0) is 14.6 Å². The molecule has 9 heavy (non-hydrogen) atoms. The van der Waals surface area contributed by atoms with Crippen LogP contribution in [0.2, 0.25) is 0 Å². The zero-order chi connectivity index (χ0) is 7.49. The maximum atomic E-state index is 9.70. The van der Waals surface area contributed by atoms with Crippen LogP contribution in [-0.4, -0.2) is 19.2 Å². The average molecular weight is 152 g/mol. The number of nitrogens with zero attached hydrogens (tertiary/aromatic N) is 1. The largest absolute Gasteiger partial charge is 0.399 e. The molecule has 0 bridgehead atoms. The summed E-state index contributed by atoms with van der Waals surface area (Å²) in [6.45, 7) is 0. The molecule has 0 fully saturated rings. The third-order valence-corrected chi connectivity index (χ3v) is 0.803. The summed E-state index contributed by atoms with van der Waals surface area (Å²) in [6, 6.07) is 1.24. The van der Waals surface area contributed by atoms with Gasteiger partial charge in [-0.15, -0.1) is 0 Å². The molecule has 0 aliphatic carbocycles. The molecule has 0 spiro atoms. The molecule has 0 saturated heterocycles. The minimum Gasteiger partial charge on any atom is -0.293 e. The van der Waals surface area contributed by atoms with E-state index in [1.54, 1.807) is 0 Å². The number of rotatable bonds is 2. The Morgan fingerprint density at radius 3 is 2.33 bits per heavy atom. The summed E-state index contributed by atoms with van der Waals surface area (Å²) < 4.78 is 30.8. The van der Waals surface area contributed by atoms with Crippen LogP contribution in [0.15, 0.2) is 0 Å². The second-order valence-electron chi connectivity index (χ2n) is 1.07. The molecule has 7 heteroatoms. The SMILES string of the molecule is N#CC(N)OS(=O)(=O)O. The molecule has 0 aliphatic heterocycles. The molecule has 0 amide bonds. The summed E-state index contributed by atoms with van der Waals surface area (Å²) in [4.78, 5) is 0. The maximum absolute atomic E-state index is 9.70. The zero-order valence-corrected chi connectivity index (χ0v) is 5.00. The highest BCUT2D eigenvalue weighted by atomic mass is 32.3. The van der Waals surface area contributed by atoms with E-state index in [-0.39, 0.29) is 0 Å². The Kier molecular flexibility index (Phi) is 2.54. The van der Waals surface area contributed by atoms with Crippen LogP contribution in [0.25, 0.3) is 0 Å². The Balaban J connectivity index is 3.94. The first-order valence-corrected chi connectivity index (χ1v) is 3.13. The van der Waals surface area contributed by atoms with Gasteiger partial charge in [-0.05, 0) is 0 Å². The Morgan fingerprint density at radius 2 is 2.22 bits per heavy atom. The Hall–Kier alpha value is -0.680. The van der Waals surface area contributed by atoms with E-state index in [4.69, 9.17) is 9.81 Å². The average Bonchev–Trinajstić information content (AvgIpc) is 1.62. The van der Waals surface area contributed by atoms with E-state index in [1.165, 1.54) is 6.07 Å². The van der Waals surface area contributed by atoms with Crippen LogP contribution in [0.5, 0.6) is 0 Å². The zero-order valence-electron chi connectivity index (χ0n) is 4.18. The van der Waals surface area contributed by atoms with E-state index in [9.17, 15) is 8.42 Å². The Morgan fingerprint density at radius 1 is 1.78 bits per heavy atom. The first kappa shape index (κ1) is 8.32. The minimum absolute atomic E-state index is 1.24. The molecule has 0 saturated carbocycles. The van der Waals surface area contributed by atoms with Crippen molar-refractivity contribution in [1.82, 2.24) is 0 Å². The van der Waals surface area contributed by atoms with Crippen molar-refractivity contribution >= 4 is 10.4 Å². The standard InChI is InChI=1S/C2H4N2O4S/c3-1-2(4)8-9(5,6)7/h2H,4H2,(H,5,6,7). The molecular weight excluding hydrogens is 148 g/mol. The van der Waals surface area contributed by atoms with Crippen molar-refractivity contribution in [3.8, 4) is 6.07 Å². The lowest BCUT2D eigenvalue weighted by Gasteiger charge is -1.97. The highest BCUT2D eigenvalue weighted by Gasteiger charge is 2.10. The van der Waals surface area contributed by atoms with Gasteiger partial charge in [-0.2, -0.15) is 13.7 Å². The lowest BCUT2D eigenvalue weighted by molar-refractivity contribution is 0.230. The quantitative estimate of drug-likeness (QED) is 0.372. The van der Waals surface area contributed by atoms with Gasteiger partial charge < -0.3 is 0 Å². The molecule has 1 unspecified atom stereocenters. The molecule has 52 valence electrons. The predicted molar refractivity (Wildman–Crippen MR) is 26.2 cm³/mol. The summed E-state index contributed by atoms with van der Waals surface area (Å²) >= 11 is 0. The van der Waals surface area contributed by atoms with Gasteiger partial charge in [-0.1, -0.05) is 0 Å². The van der Waals surface area contributed by atoms with Crippen LogP contribution in [0.3, 0.4) is 0 Å². The molecule has 0 aromatic carbocycles. The second-order valence-corrected chi connectivity index (χ2v) is 2.12. The van der Waals surface area contributed by atoms with E-state index in [0.29, 0.717) is 0 Å². The van der Waals surface area contributed by atoms with Crippen molar-refractivity contribution in [1.29, 1.82) is 5.26 Å². The first-order valence-electron chi connectivity index (χ1n) is 1.76. The van der Waals surface area contributed by atoms with E-state index in [0.717, 1.165) is 0 Å². The van der Waals surface area contributed by atoms with Gasteiger partial charge in [0.05, 0.1) is 0 Å². The Labute approximate surface area is 51.8 Å². The van der Waals surface area contributed by atoms with Crippen molar-refractivity contribution < 1.29 is 17.2 Å². The van der Waals surface area contributed by atoms with Crippen LogP contribution < -0.4 is 5.73 Å². The van der Waals surface area contributed by atoms with Gasteiger partial charge >= 0.3 is 10.4 Å². The smallest absolute Gasteiger partial charge is 0.293 e. The van der Waals surface area contributed by atoms with Gasteiger partial charge in [0, 0.05) is 0 Å². The fourth-order valence-corrected chi connectivity index (χ4v) is 0.458. The maximum Gasteiger partial charge on any atom is 0.399 e. The topological polar surface area (TPSA) is 113 Å². The molecule has 0 radical (unpaired) electrons. The number of nitrogens with two attached hydrogens (primary N) is 1. The summed E-state index contributed by atoms with van der Waals surface area (Å²) in [6.07, 6.45) is -1.64. The molecule has 0 heterocycles. The van der Waals surface area contributed by atoms with Gasteiger partial charge in [0.15, 0.2) is 0 Å². The third kappa shape index (κ3) is 5.19. The lowest BCUT2D eigenvalue weighted by atomic mass is 10.7. The number of hydrogen-bond acceptors (Lipinski definition) is 5. The number of nitriles is 1. The number of hydrogen-bond donors (Lipinski definition) is 2. The van der Waals surface area contributed by atoms with E-state index in [2.05, 4.69) is 9.92 Å². The fourth-order valence-electron chi connectivity index (χ4n) is 0.153. The normalized spacial score (nSPS) is 14.3. The van der Waals surface area contributed by atoms with Gasteiger partial charge in [0.25, 0.3) is 0 Å². The Bertz CT molecular complexity index is 213. The van der Waals surface area contributed by atoms with E-state index < -0.39 is 16.6 Å². The summed E-state index contributed by atoms with van der Waals surface area (Å²) in [5.41, 5.74) is 4.64. The van der Waals surface area contributed by atoms with Crippen molar-refractivity contribution in [2.75, 3.05) is 0 Å². The molecule has 6 nitrogen and oxygen atoms in total. The first-order chi connectivity index (χ1) is 3.95. The van der Waals surface area contributed by atoms with Crippen molar-refractivity contribution in [2.45, 2.75) is 6.23 Å². The third-order valence-electron chi connectivity index (χ3n) is 0.353. The highest BCUT2D eigenvalue weighted by Crippen LogP contribution is 1.87. The van der Waals surface area contributed by atoms with E-state index >= 15 is 0 Å². The van der Waals surface area contributed by atoms with Crippen LogP contribution in [0, 0.1) is 11.3 Å². The predicted octanol–water partition coefficient (Wildman–Crippen LogP) is -1.39. The molecule has 0 aromatic rings. The van der Waals surface area contributed by atoms with Crippen LogP contribution >= 0.6 is 0 Å². The highest BCUT2D eigenvalue weighted by molar-refractivity contribution is 7.80. The summed E-state index contributed by atoms with van der Waals surface area (Å²) in [5.74, 6) is 0. The molecular formula is C2H4N2O4S. The fraction of sp³-hybridized carbons (Fsp3) is 0.500. The van der Waals surface area contributed by atoms with Crippen molar-refractivity contribution in [3.05, 3.63) is 0 Å². The molecule has 0 rings (SSSR count). The van der Waals surface area contributed by atoms with Gasteiger partial charge in [-0.25, -0.2) is 4.18 Å². The molecule has 0 aliphatic rings. The monoisotopic (exact) mass is 152 g/mol. The molecule has 3 N–H and O–H groups in total. The summed E-state index contributed by atoms with van der Waals surface area (Å²) in [7, 11) is -4.58. The second kappa shape index (κ2) is 2.75. The van der Waals surface area contributed by atoms with E-state index in [1.807, 2.05) is 0 Å². The molecule has 1 atom stereocenters. The minimum atomic E-state index is -4.58. The lowest BCUT2D eigenvalue weighted by Crippen LogP contribution is -2.24. The van der Waals surface area contributed by atoms with Crippen molar-refractivity contribution in [3.63, 3.8) is 0 Å². The summed E-state index contributed by atoms with van der Waals surface area (Å²) in [5, 5.41) is 7.82. The van der Waals surface area contributed by atoms with Crippen LogP contribution in [0.4, 0.5) is 0 Å². The van der Waals surface area contributed by atoms with Crippen LogP contribution in [0.1, 0.15) is 0 Å². The van der Waals surface area contributed by atoms with Gasteiger partial charge in [0.1, 0.15) is 6.07 Å².